The standard InChI is InChI=1S/C21H23N3O3S/c1-3-26-17-12-18(15-8-5-4-6-9-15)28-19(17)21(25)24-11-7-10-16(13-24)20-22-14(2)23-27-20/h4-6,8-9,12,16H,3,7,10-11,13H2,1-2H3. The lowest BCUT2D eigenvalue weighted by Crippen LogP contribution is -2.39. The van der Waals surface area contributed by atoms with Gasteiger partial charge in [-0.3, -0.25) is 4.79 Å². The van der Waals surface area contributed by atoms with Gasteiger partial charge in [-0.1, -0.05) is 35.5 Å². The van der Waals surface area contributed by atoms with Crippen LogP contribution in [-0.2, 0) is 0 Å². The number of aryl methyl sites for hydroxylation is 1. The van der Waals surface area contributed by atoms with Crippen LogP contribution in [0.3, 0.4) is 0 Å². The molecule has 1 aromatic carbocycles. The van der Waals surface area contributed by atoms with Crippen LogP contribution in [0.4, 0.5) is 0 Å². The average Bonchev–Trinajstić information content (AvgIpc) is 3.35. The third kappa shape index (κ3) is 3.80. The number of piperidine rings is 1. The van der Waals surface area contributed by atoms with Crippen molar-refractivity contribution >= 4 is 17.2 Å². The van der Waals surface area contributed by atoms with Gasteiger partial charge in [0.1, 0.15) is 10.6 Å². The molecule has 3 aromatic rings. The van der Waals surface area contributed by atoms with Gasteiger partial charge in [0.25, 0.3) is 5.91 Å². The van der Waals surface area contributed by atoms with Crippen LogP contribution >= 0.6 is 11.3 Å². The quantitative estimate of drug-likeness (QED) is 0.633. The fraction of sp³-hybridized carbons (Fsp3) is 0.381. The molecule has 0 radical (unpaired) electrons. The maximum Gasteiger partial charge on any atom is 0.267 e. The number of aromatic nitrogens is 2. The van der Waals surface area contributed by atoms with Crippen molar-refractivity contribution in [2.75, 3.05) is 19.7 Å². The first kappa shape index (κ1) is 18.7. The number of thiophene rings is 1. The Morgan fingerprint density at radius 1 is 1.36 bits per heavy atom. The number of likely N-dealkylation sites (tertiary alicyclic amines) is 1. The number of hydrogen-bond donors (Lipinski definition) is 0. The second-order valence-electron chi connectivity index (χ2n) is 6.87. The molecule has 1 saturated heterocycles. The molecule has 4 rings (SSSR count). The minimum absolute atomic E-state index is 0.0107. The summed E-state index contributed by atoms with van der Waals surface area (Å²) >= 11 is 1.49. The molecule has 1 aliphatic rings. The van der Waals surface area contributed by atoms with E-state index >= 15 is 0 Å². The number of carbonyl (C=O) groups is 1. The topological polar surface area (TPSA) is 68.5 Å². The van der Waals surface area contributed by atoms with Gasteiger partial charge in [-0.25, -0.2) is 0 Å². The minimum Gasteiger partial charge on any atom is -0.492 e. The van der Waals surface area contributed by atoms with Crippen molar-refractivity contribution in [1.82, 2.24) is 15.0 Å². The molecular formula is C21H23N3O3S. The molecule has 28 heavy (non-hydrogen) atoms. The summed E-state index contributed by atoms with van der Waals surface area (Å²) in [6.07, 6.45) is 1.86. The number of benzene rings is 1. The molecule has 0 bridgehead atoms. The number of hydrogen-bond acceptors (Lipinski definition) is 6. The van der Waals surface area contributed by atoms with Gasteiger partial charge in [-0.15, -0.1) is 11.3 Å². The lowest BCUT2D eigenvalue weighted by Gasteiger charge is -2.30. The summed E-state index contributed by atoms with van der Waals surface area (Å²) in [6, 6.07) is 12.0. The lowest BCUT2D eigenvalue weighted by atomic mass is 9.98. The first-order valence-electron chi connectivity index (χ1n) is 9.57. The van der Waals surface area contributed by atoms with Gasteiger partial charge in [-0.05, 0) is 38.3 Å². The van der Waals surface area contributed by atoms with E-state index in [0.29, 0.717) is 35.5 Å². The van der Waals surface area contributed by atoms with Crippen molar-refractivity contribution in [2.45, 2.75) is 32.6 Å². The van der Waals surface area contributed by atoms with Crippen molar-refractivity contribution in [3.63, 3.8) is 0 Å². The first-order chi connectivity index (χ1) is 13.7. The molecule has 0 N–H and O–H groups in total. The third-order valence-electron chi connectivity index (χ3n) is 4.85. The maximum atomic E-state index is 13.3. The fourth-order valence-corrected chi connectivity index (χ4v) is 4.59. The number of ether oxygens (including phenoxy) is 1. The number of nitrogens with zero attached hydrogens (tertiary/aromatic N) is 3. The molecule has 146 valence electrons. The van der Waals surface area contributed by atoms with Crippen molar-refractivity contribution in [3.8, 4) is 16.2 Å². The smallest absolute Gasteiger partial charge is 0.267 e. The van der Waals surface area contributed by atoms with E-state index in [1.54, 1.807) is 0 Å². The van der Waals surface area contributed by atoms with E-state index < -0.39 is 0 Å². The van der Waals surface area contributed by atoms with Crippen LogP contribution in [0.2, 0.25) is 0 Å². The van der Waals surface area contributed by atoms with Crippen molar-refractivity contribution in [1.29, 1.82) is 0 Å². The van der Waals surface area contributed by atoms with Crippen LogP contribution in [0, 0.1) is 6.92 Å². The van der Waals surface area contributed by atoms with E-state index in [4.69, 9.17) is 9.26 Å². The van der Waals surface area contributed by atoms with Crippen molar-refractivity contribution < 1.29 is 14.1 Å². The Morgan fingerprint density at radius 3 is 2.89 bits per heavy atom. The SMILES string of the molecule is CCOc1cc(-c2ccccc2)sc1C(=O)N1CCCC(c2nc(C)no2)C1. The summed E-state index contributed by atoms with van der Waals surface area (Å²) in [6.45, 7) is 5.58. The Morgan fingerprint density at radius 2 is 2.18 bits per heavy atom. The number of rotatable bonds is 5. The number of carbonyl (C=O) groups excluding carboxylic acids is 1. The molecule has 1 unspecified atom stereocenters. The van der Waals surface area contributed by atoms with Crippen LogP contribution in [0.5, 0.6) is 5.75 Å². The molecule has 1 aliphatic heterocycles. The van der Waals surface area contributed by atoms with Crippen LogP contribution in [0.15, 0.2) is 40.9 Å². The van der Waals surface area contributed by atoms with Crippen LogP contribution < -0.4 is 4.74 Å². The molecule has 1 fully saturated rings. The largest absolute Gasteiger partial charge is 0.492 e. The van der Waals surface area contributed by atoms with Gasteiger partial charge in [0.05, 0.1) is 12.5 Å². The highest BCUT2D eigenvalue weighted by Crippen LogP contribution is 2.38. The molecule has 0 aliphatic carbocycles. The van der Waals surface area contributed by atoms with Gasteiger partial charge in [0.15, 0.2) is 5.82 Å². The summed E-state index contributed by atoms with van der Waals surface area (Å²) in [7, 11) is 0. The second kappa shape index (κ2) is 8.14. The van der Waals surface area contributed by atoms with Crippen LogP contribution in [-0.4, -0.2) is 40.6 Å². The van der Waals surface area contributed by atoms with Crippen molar-refractivity contribution in [2.24, 2.45) is 0 Å². The van der Waals surface area contributed by atoms with Gasteiger partial charge >= 0.3 is 0 Å². The Hall–Kier alpha value is -2.67. The predicted octanol–water partition coefficient (Wildman–Crippen LogP) is 4.53. The molecular weight excluding hydrogens is 374 g/mol. The Balaban J connectivity index is 1.59. The average molecular weight is 398 g/mol. The molecule has 6 nitrogen and oxygen atoms in total. The molecule has 0 spiro atoms. The molecule has 0 saturated carbocycles. The monoisotopic (exact) mass is 397 g/mol. The zero-order valence-electron chi connectivity index (χ0n) is 16.1. The second-order valence-corrected chi connectivity index (χ2v) is 7.93. The lowest BCUT2D eigenvalue weighted by molar-refractivity contribution is 0.0697. The highest BCUT2D eigenvalue weighted by Gasteiger charge is 2.31. The minimum atomic E-state index is 0.0107. The molecule has 2 aromatic heterocycles. The summed E-state index contributed by atoms with van der Waals surface area (Å²) in [5, 5.41) is 3.89. The van der Waals surface area contributed by atoms with Crippen molar-refractivity contribution in [3.05, 3.63) is 53.0 Å². The molecule has 3 heterocycles. The zero-order valence-corrected chi connectivity index (χ0v) is 16.9. The number of amides is 1. The van der Waals surface area contributed by atoms with E-state index in [2.05, 4.69) is 10.1 Å². The van der Waals surface area contributed by atoms with Gasteiger partial charge < -0.3 is 14.2 Å². The Kier molecular flexibility index (Phi) is 5.43. The van der Waals surface area contributed by atoms with E-state index in [1.165, 1.54) is 11.3 Å². The fourth-order valence-electron chi connectivity index (χ4n) is 3.52. The van der Waals surface area contributed by atoms with E-state index in [1.807, 2.05) is 55.1 Å². The molecule has 7 heteroatoms. The third-order valence-corrected chi connectivity index (χ3v) is 6.00. The van der Waals surface area contributed by atoms with Gasteiger partial charge in [-0.2, -0.15) is 4.98 Å². The molecule has 1 amide bonds. The predicted molar refractivity (Wildman–Crippen MR) is 108 cm³/mol. The summed E-state index contributed by atoms with van der Waals surface area (Å²) in [5.41, 5.74) is 1.09. The van der Waals surface area contributed by atoms with Crippen LogP contribution in [0.1, 0.15) is 47.1 Å². The Bertz CT molecular complexity index is 951. The van der Waals surface area contributed by atoms with E-state index in [-0.39, 0.29) is 11.8 Å². The van der Waals surface area contributed by atoms with Crippen LogP contribution in [0.25, 0.3) is 10.4 Å². The first-order valence-corrected chi connectivity index (χ1v) is 10.4. The van der Waals surface area contributed by atoms with Gasteiger partial charge in [0.2, 0.25) is 5.89 Å². The maximum absolute atomic E-state index is 13.3. The summed E-state index contributed by atoms with van der Waals surface area (Å²) in [5.74, 6) is 2.01. The van der Waals surface area contributed by atoms with Gasteiger partial charge in [0, 0.05) is 18.0 Å². The summed E-state index contributed by atoms with van der Waals surface area (Å²) in [4.78, 5) is 21.2. The van der Waals surface area contributed by atoms with E-state index in [0.717, 1.165) is 29.8 Å². The normalized spacial score (nSPS) is 16.9. The Labute approximate surface area is 168 Å². The highest BCUT2D eigenvalue weighted by atomic mass is 32.1. The summed E-state index contributed by atoms with van der Waals surface area (Å²) < 4.78 is 11.1. The molecule has 1 atom stereocenters. The highest BCUT2D eigenvalue weighted by molar-refractivity contribution is 7.17. The zero-order chi connectivity index (χ0) is 19.5. The van der Waals surface area contributed by atoms with E-state index in [9.17, 15) is 4.79 Å².